The van der Waals surface area contributed by atoms with Crippen LogP contribution in [-0.2, 0) is 0 Å². The first-order chi connectivity index (χ1) is 5.70. The molecule has 0 aromatic carbocycles. The van der Waals surface area contributed by atoms with Crippen molar-refractivity contribution in [2.24, 2.45) is 17.6 Å². The third-order valence-electron chi connectivity index (χ3n) is 3.08. The predicted octanol–water partition coefficient (Wildman–Crippen LogP) is 2.94. The van der Waals surface area contributed by atoms with E-state index in [-0.39, 0.29) is 0 Å². The summed E-state index contributed by atoms with van der Waals surface area (Å²) in [6.07, 6.45) is 8.15. The average molecular weight is 169 g/mol. The van der Waals surface area contributed by atoms with Crippen LogP contribution in [0.25, 0.3) is 0 Å². The van der Waals surface area contributed by atoms with Crippen LogP contribution in [0.5, 0.6) is 0 Å². The van der Waals surface area contributed by atoms with E-state index in [1.807, 2.05) is 0 Å². The lowest BCUT2D eigenvalue weighted by Crippen LogP contribution is -2.28. The summed E-state index contributed by atoms with van der Waals surface area (Å²) in [6, 6.07) is 0.495. The van der Waals surface area contributed by atoms with E-state index in [9.17, 15) is 0 Å². The van der Waals surface area contributed by atoms with E-state index in [4.69, 9.17) is 5.73 Å². The molecule has 1 atom stereocenters. The van der Waals surface area contributed by atoms with Crippen LogP contribution in [-0.4, -0.2) is 6.04 Å². The Morgan fingerprint density at radius 2 is 1.75 bits per heavy atom. The van der Waals surface area contributed by atoms with Crippen LogP contribution in [0.4, 0.5) is 0 Å². The van der Waals surface area contributed by atoms with Crippen molar-refractivity contribution >= 4 is 0 Å². The van der Waals surface area contributed by atoms with Crippen molar-refractivity contribution in [2.75, 3.05) is 0 Å². The Bertz CT molecular complexity index is 114. The highest BCUT2D eigenvalue weighted by molar-refractivity contribution is 4.77. The van der Waals surface area contributed by atoms with E-state index in [2.05, 4.69) is 13.8 Å². The van der Waals surface area contributed by atoms with Gasteiger partial charge in [-0.3, -0.25) is 0 Å². The minimum Gasteiger partial charge on any atom is -0.327 e. The maximum Gasteiger partial charge on any atom is 0.00672 e. The summed E-state index contributed by atoms with van der Waals surface area (Å²) < 4.78 is 0. The molecule has 1 fully saturated rings. The van der Waals surface area contributed by atoms with Gasteiger partial charge in [0, 0.05) is 6.04 Å². The van der Waals surface area contributed by atoms with Crippen LogP contribution in [0.1, 0.15) is 52.4 Å². The van der Waals surface area contributed by atoms with E-state index in [0.717, 1.165) is 11.8 Å². The van der Waals surface area contributed by atoms with Gasteiger partial charge in [0.25, 0.3) is 0 Å². The molecule has 0 radical (unpaired) electrons. The van der Waals surface area contributed by atoms with Crippen LogP contribution in [0, 0.1) is 11.8 Å². The third-order valence-corrected chi connectivity index (χ3v) is 3.08. The Morgan fingerprint density at radius 1 is 1.17 bits per heavy atom. The fourth-order valence-electron chi connectivity index (χ4n) is 2.15. The molecule has 2 N–H and O–H groups in total. The number of hydrogen-bond donors (Lipinski definition) is 1. The number of nitrogens with two attached hydrogens (primary N) is 1. The molecule has 1 nitrogen and oxygen atoms in total. The minimum atomic E-state index is 0.495. The predicted molar refractivity (Wildman–Crippen MR) is 54.0 cm³/mol. The van der Waals surface area contributed by atoms with E-state index in [0.29, 0.717) is 6.04 Å². The molecule has 1 aliphatic rings. The summed E-state index contributed by atoms with van der Waals surface area (Å²) in [5.74, 6) is 1.67. The highest BCUT2D eigenvalue weighted by Crippen LogP contribution is 2.28. The van der Waals surface area contributed by atoms with Gasteiger partial charge in [0.15, 0.2) is 0 Å². The molecule has 0 spiro atoms. The average Bonchev–Trinajstić information content (AvgIpc) is 2.51. The van der Waals surface area contributed by atoms with E-state index >= 15 is 0 Å². The Balaban J connectivity index is 2.13. The summed E-state index contributed by atoms with van der Waals surface area (Å²) in [5, 5.41) is 0. The van der Waals surface area contributed by atoms with Crippen LogP contribution in [0.3, 0.4) is 0 Å². The molecule has 1 heteroatoms. The summed E-state index contributed by atoms with van der Waals surface area (Å²) >= 11 is 0. The topological polar surface area (TPSA) is 26.0 Å². The molecule has 0 aromatic heterocycles. The molecular weight excluding hydrogens is 146 g/mol. The van der Waals surface area contributed by atoms with Crippen molar-refractivity contribution in [1.29, 1.82) is 0 Å². The van der Waals surface area contributed by atoms with Gasteiger partial charge in [0.2, 0.25) is 0 Å². The number of hydrogen-bond acceptors (Lipinski definition) is 1. The normalized spacial score (nSPS) is 22.0. The Labute approximate surface area is 76.7 Å². The molecule has 0 aliphatic heterocycles. The number of rotatable bonds is 4. The fraction of sp³-hybridized carbons (Fsp3) is 1.00. The van der Waals surface area contributed by atoms with E-state index < -0.39 is 0 Å². The summed E-state index contributed by atoms with van der Waals surface area (Å²) in [4.78, 5) is 0. The molecule has 1 rings (SSSR count). The molecule has 0 amide bonds. The molecule has 72 valence electrons. The molecule has 12 heavy (non-hydrogen) atoms. The standard InChI is InChI=1S/C11H23N/c1-9(2)7-8-11(12)10-5-3-4-6-10/h9-11H,3-8,12H2,1-2H3. The fourth-order valence-corrected chi connectivity index (χ4v) is 2.15. The third kappa shape index (κ3) is 3.14. The van der Waals surface area contributed by atoms with Gasteiger partial charge in [-0.2, -0.15) is 0 Å². The molecule has 1 aliphatic carbocycles. The quantitative estimate of drug-likeness (QED) is 0.688. The zero-order valence-electron chi connectivity index (χ0n) is 8.55. The first-order valence-corrected chi connectivity index (χ1v) is 5.45. The van der Waals surface area contributed by atoms with Crippen molar-refractivity contribution in [3.63, 3.8) is 0 Å². The first-order valence-electron chi connectivity index (χ1n) is 5.45. The Kier molecular flexibility index (Phi) is 4.07. The lowest BCUT2D eigenvalue weighted by molar-refractivity contribution is 0.380. The van der Waals surface area contributed by atoms with Crippen LogP contribution < -0.4 is 5.73 Å². The lowest BCUT2D eigenvalue weighted by Gasteiger charge is -2.19. The molecule has 0 bridgehead atoms. The van der Waals surface area contributed by atoms with Crippen molar-refractivity contribution in [3.8, 4) is 0 Å². The van der Waals surface area contributed by atoms with E-state index in [1.165, 1.54) is 38.5 Å². The zero-order chi connectivity index (χ0) is 8.97. The van der Waals surface area contributed by atoms with Crippen molar-refractivity contribution in [2.45, 2.75) is 58.4 Å². The summed E-state index contributed by atoms with van der Waals surface area (Å²) in [5.41, 5.74) is 6.13. The van der Waals surface area contributed by atoms with Crippen LogP contribution in [0.2, 0.25) is 0 Å². The Hall–Kier alpha value is -0.0400. The first kappa shape index (κ1) is 10.0. The second kappa shape index (κ2) is 4.86. The monoisotopic (exact) mass is 169 g/mol. The van der Waals surface area contributed by atoms with Crippen LogP contribution >= 0.6 is 0 Å². The maximum atomic E-state index is 6.13. The van der Waals surface area contributed by atoms with Gasteiger partial charge in [0.05, 0.1) is 0 Å². The van der Waals surface area contributed by atoms with Crippen molar-refractivity contribution < 1.29 is 0 Å². The smallest absolute Gasteiger partial charge is 0.00672 e. The van der Waals surface area contributed by atoms with Gasteiger partial charge in [0.1, 0.15) is 0 Å². The summed E-state index contributed by atoms with van der Waals surface area (Å²) in [7, 11) is 0. The van der Waals surface area contributed by atoms with Gasteiger partial charge >= 0.3 is 0 Å². The van der Waals surface area contributed by atoms with Gasteiger partial charge in [-0.15, -0.1) is 0 Å². The zero-order valence-corrected chi connectivity index (χ0v) is 8.55. The van der Waals surface area contributed by atoms with E-state index in [1.54, 1.807) is 0 Å². The van der Waals surface area contributed by atoms with Crippen molar-refractivity contribution in [3.05, 3.63) is 0 Å². The molecular formula is C11H23N. The Morgan fingerprint density at radius 3 is 2.25 bits per heavy atom. The van der Waals surface area contributed by atoms with Gasteiger partial charge in [-0.05, 0) is 37.5 Å². The highest BCUT2D eigenvalue weighted by Gasteiger charge is 2.21. The van der Waals surface area contributed by atoms with Crippen LogP contribution in [0.15, 0.2) is 0 Å². The maximum absolute atomic E-state index is 6.13. The molecule has 0 heterocycles. The second-order valence-electron chi connectivity index (χ2n) is 4.68. The van der Waals surface area contributed by atoms with Gasteiger partial charge in [-0.1, -0.05) is 26.7 Å². The molecule has 1 unspecified atom stereocenters. The molecule has 1 saturated carbocycles. The lowest BCUT2D eigenvalue weighted by atomic mass is 9.92. The molecule has 0 aromatic rings. The van der Waals surface area contributed by atoms with Crippen molar-refractivity contribution in [1.82, 2.24) is 0 Å². The minimum absolute atomic E-state index is 0.495. The highest BCUT2D eigenvalue weighted by atomic mass is 14.6. The molecule has 0 saturated heterocycles. The largest absolute Gasteiger partial charge is 0.327 e. The second-order valence-corrected chi connectivity index (χ2v) is 4.68. The summed E-state index contributed by atoms with van der Waals surface area (Å²) in [6.45, 7) is 4.56. The van der Waals surface area contributed by atoms with Gasteiger partial charge < -0.3 is 5.73 Å². The van der Waals surface area contributed by atoms with Gasteiger partial charge in [-0.25, -0.2) is 0 Å². The SMILES string of the molecule is CC(C)CCC(N)C1CCCC1.